The van der Waals surface area contributed by atoms with Gasteiger partial charge in [-0.2, -0.15) is 14.0 Å². The molecule has 132 valence electrons. The number of nitrogens with one attached hydrogen (secondary N) is 1. The number of aromatic nitrogens is 2. The number of amides is 1. The van der Waals surface area contributed by atoms with Crippen molar-refractivity contribution in [3.8, 4) is 6.07 Å². The molecule has 0 spiro atoms. The minimum absolute atomic E-state index is 0.0784. The zero-order valence-corrected chi connectivity index (χ0v) is 14.5. The highest BCUT2D eigenvalue weighted by molar-refractivity contribution is 8.00. The lowest BCUT2D eigenvalue weighted by Gasteiger charge is -2.13. The lowest BCUT2D eigenvalue weighted by molar-refractivity contribution is -0.115. The summed E-state index contributed by atoms with van der Waals surface area (Å²) in [6.07, 6.45) is 0. The number of rotatable bonds is 5. The molecule has 5 nitrogen and oxygen atoms in total. The minimum Gasteiger partial charge on any atom is -0.325 e. The van der Waals surface area contributed by atoms with Crippen LogP contribution < -0.4 is 5.32 Å². The minimum atomic E-state index is -2.76. The molecule has 0 fully saturated rings. The van der Waals surface area contributed by atoms with Gasteiger partial charge in [-0.3, -0.25) is 9.36 Å². The van der Waals surface area contributed by atoms with Crippen molar-refractivity contribution in [3.63, 3.8) is 0 Å². The van der Waals surface area contributed by atoms with E-state index >= 15 is 0 Å². The fraction of sp³-hybridized carbons (Fsp3) is 0.167. The number of para-hydroxylation sites is 2. The molecular formula is C18H14F2N4OS. The number of carbonyl (C=O) groups excluding carboxylic acids is 1. The van der Waals surface area contributed by atoms with Crippen molar-refractivity contribution in [2.45, 2.75) is 23.9 Å². The standard InChI is InChI=1S/C18H14F2N4OS/c1-11(16(25)22-13-6-4-5-12(9-13)10-21)26-18-23-14-7-2-3-8-15(14)24(18)17(19)20/h2-9,11,17H,1H3,(H,22,25). The molecule has 8 heteroatoms. The van der Waals surface area contributed by atoms with Gasteiger partial charge in [0, 0.05) is 5.69 Å². The van der Waals surface area contributed by atoms with Crippen molar-refractivity contribution in [1.82, 2.24) is 9.55 Å². The average molecular weight is 372 g/mol. The van der Waals surface area contributed by atoms with Crippen molar-refractivity contribution in [2.75, 3.05) is 5.32 Å². The summed E-state index contributed by atoms with van der Waals surface area (Å²) in [5, 5.41) is 11.0. The predicted molar refractivity (Wildman–Crippen MR) is 96.1 cm³/mol. The molecule has 1 heterocycles. The van der Waals surface area contributed by atoms with Gasteiger partial charge in [0.15, 0.2) is 5.16 Å². The summed E-state index contributed by atoms with van der Waals surface area (Å²) in [5.74, 6) is -0.363. The predicted octanol–water partition coefficient (Wildman–Crippen LogP) is 4.42. The number of nitrogens with zero attached hydrogens (tertiary/aromatic N) is 3. The molecule has 0 radical (unpaired) electrons. The Labute approximate surface area is 152 Å². The number of fused-ring (bicyclic) bond motifs is 1. The molecule has 26 heavy (non-hydrogen) atoms. The molecule has 1 amide bonds. The van der Waals surface area contributed by atoms with E-state index in [0.717, 1.165) is 16.3 Å². The molecule has 1 unspecified atom stereocenters. The smallest absolute Gasteiger partial charge is 0.321 e. The molecule has 3 aromatic rings. The summed E-state index contributed by atoms with van der Waals surface area (Å²) in [7, 11) is 0. The highest BCUT2D eigenvalue weighted by atomic mass is 32.2. The molecule has 1 atom stereocenters. The Balaban J connectivity index is 1.80. The molecule has 0 aliphatic carbocycles. The first-order valence-corrected chi connectivity index (χ1v) is 8.60. The molecule has 0 saturated carbocycles. The zero-order valence-electron chi connectivity index (χ0n) is 13.7. The van der Waals surface area contributed by atoms with Crippen LogP contribution in [0.5, 0.6) is 0 Å². The van der Waals surface area contributed by atoms with Crippen molar-refractivity contribution in [1.29, 1.82) is 5.26 Å². The van der Waals surface area contributed by atoms with Crippen molar-refractivity contribution in [3.05, 3.63) is 54.1 Å². The van der Waals surface area contributed by atoms with Crippen LogP contribution in [0, 0.1) is 11.3 Å². The number of nitriles is 1. The number of carbonyl (C=O) groups is 1. The Kier molecular flexibility index (Phi) is 5.19. The molecule has 0 aliphatic rings. The molecule has 1 N–H and O–H groups in total. The average Bonchev–Trinajstić information content (AvgIpc) is 2.99. The first kappa shape index (κ1) is 17.9. The van der Waals surface area contributed by atoms with E-state index in [-0.39, 0.29) is 11.1 Å². The van der Waals surface area contributed by atoms with Gasteiger partial charge in [0.2, 0.25) is 5.91 Å². The van der Waals surface area contributed by atoms with Gasteiger partial charge in [0.1, 0.15) is 0 Å². The van der Waals surface area contributed by atoms with E-state index in [2.05, 4.69) is 10.3 Å². The van der Waals surface area contributed by atoms with Crippen molar-refractivity contribution < 1.29 is 13.6 Å². The number of imidazole rings is 1. The first-order chi connectivity index (χ1) is 12.5. The van der Waals surface area contributed by atoms with E-state index in [1.807, 2.05) is 6.07 Å². The van der Waals surface area contributed by atoms with Gasteiger partial charge in [-0.05, 0) is 37.3 Å². The van der Waals surface area contributed by atoms with E-state index in [1.165, 1.54) is 0 Å². The largest absolute Gasteiger partial charge is 0.325 e. The summed E-state index contributed by atoms with van der Waals surface area (Å²) in [6.45, 7) is -1.14. The van der Waals surface area contributed by atoms with Crippen molar-refractivity contribution in [2.24, 2.45) is 0 Å². The maximum absolute atomic E-state index is 13.5. The van der Waals surface area contributed by atoms with Crippen LogP contribution in [-0.4, -0.2) is 20.7 Å². The third kappa shape index (κ3) is 3.68. The van der Waals surface area contributed by atoms with Gasteiger partial charge in [0.05, 0.1) is 27.9 Å². The van der Waals surface area contributed by atoms with Crippen LogP contribution in [0.3, 0.4) is 0 Å². The maximum Gasteiger partial charge on any atom is 0.321 e. The van der Waals surface area contributed by atoms with Gasteiger partial charge in [-0.15, -0.1) is 0 Å². The number of benzene rings is 2. The number of thioether (sulfide) groups is 1. The quantitative estimate of drug-likeness (QED) is 0.673. The highest BCUT2D eigenvalue weighted by Crippen LogP contribution is 2.31. The Hall–Kier alpha value is -2.92. The normalized spacial score (nSPS) is 12.1. The second-order valence-electron chi connectivity index (χ2n) is 5.47. The van der Waals surface area contributed by atoms with Crippen LogP contribution in [0.2, 0.25) is 0 Å². The fourth-order valence-electron chi connectivity index (χ4n) is 2.42. The zero-order chi connectivity index (χ0) is 18.7. The van der Waals surface area contributed by atoms with E-state index < -0.39 is 11.8 Å². The van der Waals surface area contributed by atoms with Gasteiger partial charge in [-0.25, -0.2) is 4.98 Å². The van der Waals surface area contributed by atoms with E-state index in [1.54, 1.807) is 55.5 Å². The first-order valence-electron chi connectivity index (χ1n) is 7.72. The van der Waals surface area contributed by atoms with Crippen molar-refractivity contribution >= 4 is 34.4 Å². The highest BCUT2D eigenvalue weighted by Gasteiger charge is 2.23. The third-order valence-electron chi connectivity index (χ3n) is 3.67. The second-order valence-corrected chi connectivity index (χ2v) is 6.78. The van der Waals surface area contributed by atoms with Crippen LogP contribution in [0.4, 0.5) is 14.5 Å². The van der Waals surface area contributed by atoms with E-state index in [9.17, 15) is 13.6 Å². The summed E-state index contributed by atoms with van der Waals surface area (Å²) in [5.41, 5.74) is 1.66. The van der Waals surface area contributed by atoms with Crippen LogP contribution in [0.1, 0.15) is 19.0 Å². The molecule has 0 aliphatic heterocycles. The van der Waals surface area contributed by atoms with Gasteiger partial charge in [-0.1, -0.05) is 30.0 Å². The monoisotopic (exact) mass is 372 g/mol. The Morgan fingerprint density at radius 2 is 2.04 bits per heavy atom. The molecule has 0 saturated heterocycles. The van der Waals surface area contributed by atoms with Crippen LogP contribution in [0.25, 0.3) is 11.0 Å². The molecule has 3 rings (SSSR count). The van der Waals surface area contributed by atoms with Crippen LogP contribution in [0.15, 0.2) is 53.7 Å². The Morgan fingerprint density at radius 1 is 1.27 bits per heavy atom. The summed E-state index contributed by atoms with van der Waals surface area (Å²) < 4.78 is 27.7. The molecular weight excluding hydrogens is 358 g/mol. The fourth-order valence-corrected chi connectivity index (χ4v) is 3.34. The van der Waals surface area contributed by atoms with Crippen LogP contribution >= 0.6 is 11.8 Å². The van der Waals surface area contributed by atoms with E-state index in [4.69, 9.17) is 5.26 Å². The van der Waals surface area contributed by atoms with Gasteiger partial charge < -0.3 is 5.32 Å². The number of alkyl halides is 2. The van der Waals surface area contributed by atoms with Crippen LogP contribution in [-0.2, 0) is 4.79 Å². The summed E-state index contributed by atoms with van der Waals surface area (Å²) >= 11 is 0.956. The summed E-state index contributed by atoms with van der Waals surface area (Å²) in [4.78, 5) is 16.6. The Bertz CT molecular complexity index is 996. The Morgan fingerprint density at radius 3 is 2.77 bits per heavy atom. The lowest BCUT2D eigenvalue weighted by Crippen LogP contribution is -2.23. The van der Waals surface area contributed by atoms with E-state index in [0.29, 0.717) is 22.3 Å². The maximum atomic E-state index is 13.5. The molecule has 1 aromatic heterocycles. The topological polar surface area (TPSA) is 70.7 Å². The SMILES string of the molecule is CC(Sc1nc2ccccc2n1C(F)F)C(=O)Nc1cccc(C#N)c1. The van der Waals surface area contributed by atoms with Gasteiger partial charge in [0.25, 0.3) is 0 Å². The molecule has 2 aromatic carbocycles. The number of halogens is 2. The van der Waals surface area contributed by atoms with Gasteiger partial charge >= 0.3 is 6.55 Å². The number of hydrogen-bond donors (Lipinski definition) is 1. The summed E-state index contributed by atoms with van der Waals surface area (Å²) in [6, 6.07) is 15.1. The lowest BCUT2D eigenvalue weighted by atomic mass is 10.2. The third-order valence-corrected chi connectivity index (χ3v) is 4.74. The molecule has 0 bridgehead atoms. The second kappa shape index (κ2) is 7.54. The number of hydrogen-bond acceptors (Lipinski definition) is 4. The number of anilines is 1.